The van der Waals surface area contributed by atoms with Gasteiger partial charge in [0.1, 0.15) is 5.76 Å². The monoisotopic (exact) mass is 410 g/mol. The van der Waals surface area contributed by atoms with E-state index in [4.69, 9.17) is 11.6 Å². The third-order valence-electron chi connectivity index (χ3n) is 4.59. The van der Waals surface area contributed by atoms with Gasteiger partial charge in [-0.15, -0.1) is 11.3 Å². The van der Waals surface area contributed by atoms with E-state index in [1.165, 1.54) is 16.2 Å². The fourth-order valence-electron chi connectivity index (χ4n) is 3.22. The molecule has 0 radical (unpaired) electrons. The van der Waals surface area contributed by atoms with Gasteiger partial charge in [0, 0.05) is 22.2 Å². The summed E-state index contributed by atoms with van der Waals surface area (Å²) in [6, 6.07) is 13.2. The van der Waals surface area contributed by atoms with E-state index in [2.05, 4.69) is 4.98 Å². The van der Waals surface area contributed by atoms with Crippen molar-refractivity contribution in [3.63, 3.8) is 0 Å². The Kier molecular flexibility index (Phi) is 4.75. The van der Waals surface area contributed by atoms with Gasteiger partial charge in [-0.05, 0) is 18.6 Å². The third-order valence-corrected chi connectivity index (χ3v) is 5.71. The number of aryl methyl sites for hydroxylation is 1. The molecule has 1 aromatic heterocycles. The van der Waals surface area contributed by atoms with E-state index in [0.29, 0.717) is 21.3 Å². The largest absolute Gasteiger partial charge is 0.507 e. The number of carbonyl (C=O) groups excluding carboxylic acids is 2. The third kappa shape index (κ3) is 3.00. The Morgan fingerprint density at radius 2 is 1.86 bits per heavy atom. The number of Topliss-reactive ketones (excluding diaryl/α,β-unsaturated/α-hetero) is 1. The maximum absolute atomic E-state index is 12.9. The van der Waals surface area contributed by atoms with Crippen LogP contribution in [-0.4, -0.2) is 21.8 Å². The lowest BCUT2D eigenvalue weighted by atomic mass is 9.95. The molecule has 0 aliphatic carbocycles. The van der Waals surface area contributed by atoms with E-state index in [1.54, 1.807) is 48.0 Å². The molecule has 1 N–H and O–H groups in total. The maximum Gasteiger partial charge on any atom is 0.301 e. The first-order valence-electron chi connectivity index (χ1n) is 8.51. The Balaban J connectivity index is 1.96. The number of nitrogens with zero attached hydrogens (tertiary/aromatic N) is 2. The van der Waals surface area contributed by atoms with Crippen molar-refractivity contribution >= 4 is 45.5 Å². The van der Waals surface area contributed by atoms with Crippen LogP contribution in [0.1, 0.15) is 22.7 Å². The number of benzene rings is 2. The van der Waals surface area contributed by atoms with E-state index in [9.17, 15) is 14.7 Å². The van der Waals surface area contributed by atoms with E-state index in [0.717, 1.165) is 5.56 Å². The number of aliphatic hydroxyl groups is 1. The summed E-state index contributed by atoms with van der Waals surface area (Å²) in [5, 5.41) is 13.4. The number of hydrogen-bond donors (Lipinski definition) is 1. The molecule has 7 heteroatoms. The molecule has 0 bridgehead atoms. The first-order valence-corrected chi connectivity index (χ1v) is 9.76. The van der Waals surface area contributed by atoms with E-state index in [-0.39, 0.29) is 11.3 Å². The molecule has 0 unspecified atom stereocenters. The summed E-state index contributed by atoms with van der Waals surface area (Å²) < 4.78 is 0. The van der Waals surface area contributed by atoms with Crippen LogP contribution in [0.3, 0.4) is 0 Å². The number of aromatic nitrogens is 1. The number of aliphatic hydroxyl groups excluding tert-OH is 1. The Morgan fingerprint density at radius 3 is 2.50 bits per heavy atom. The molecule has 1 aliphatic rings. The van der Waals surface area contributed by atoms with Crippen molar-refractivity contribution in [2.45, 2.75) is 13.0 Å². The van der Waals surface area contributed by atoms with Gasteiger partial charge in [0.15, 0.2) is 5.13 Å². The minimum absolute atomic E-state index is 0.00264. The van der Waals surface area contributed by atoms with Crippen LogP contribution >= 0.6 is 22.9 Å². The number of hydrogen-bond acceptors (Lipinski definition) is 5. The van der Waals surface area contributed by atoms with Gasteiger partial charge in [0.05, 0.1) is 11.6 Å². The second-order valence-corrected chi connectivity index (χ2v) is 7.65. The highest BCUT2D eigenvalue weighted by Crippen LogP contribution is 2.44. The number of ketones is 1. The van der Waals surface area contributed by atoms with Crippen LogP contribution in [0, 0.1) is 6.92 Å². The standard InChI is InChI=1S/C21H15ClN2O3S/c1-12-6-8-13(9-7-12)18(25)16-17(14-4-2-3-5-15(14)22)24(20(27)19(16)26)21-23-10-11-28-21/h2-11,17,25H,1H3/t17-/m0/s1. The molecule has 5 nitrogen and oxygen atoms in total. The maximum atomic E-state index is 12.9. The quantitative estimate of drug-likeness (QED) is 0.385. The van der Waals surface area contributed by atoms with E-state index in [1.807, 2.05) is 19.1 Å². The first-order chi connectivity index (χ1) is 13.5. The molecule has 1 saturated heterocycles. The molecule has 28 heavy (non-hydrogen) atoms. The van der Waals surface area contributed by atoms with Crippen molar-refractivity contribution in [3.8, 4) is 0 Å². The zero-order chi connectivity index (χ0) is 19.8. The summed E-state index contributed by atoms with van der Waals surface area (Å²) in [6.45, 7) is 1.93. The van der Waals surface area contributed by atoms with E-state index < -0.39 is 17.7 Å². The van der Waals surface area contributed by atoms with Gasteiger partial charge in [-0.2, -0.15) is 0 Å². The summed E-state index contributed by atoms with van der Waals surface area (Å²) in [6.07, 6.45) is 1.56. The van der Waals surface area contributed by atoms with Crippen LogP contribution in [0.25, 0.3) is 5.76 Å². The van der Waals surface area contributed by atoms with Gasteiger partial charge in [-0.1, -0.05) is 59.6 Å². The van der Waals surface area contributed by atoms with Crippen LogP contribution in [0.2, 0.25) is 5.02 Å². The number of thiazole rings is 1. The van der Waals surface area contributed by atoms with Crippen molar-refractivity contribution in [2.75, 3.05) is 4.90 Å². The minimum atomic E-state index is -0.860. The predicted molar refractivity (Wildman–Crippen MR) is 110 cm³/mol. The second kappa shape index (κ2) is 7.22. The highest BCUT2D eigenvalue weighted by Gasteiger charge is 2.48. The zero-order valence-corrected chi connectivity index (χ0v) is 16.4. The zero-order valence-electron chi connectivity index (χ0n) is 14.8. The fraction of sp³-hybridized carbons (Fsp3) is 0.0952. The lowest BCUT2D eigenvalue weighted by Gasteiger charge is -2.23. The molecule has 2 heterocycles. The van der Waals surface area contributed by atoms with Gasteiger partial charge < -0.3 is 5.11 Å². The highest BCUT2D eigenvalue weighted by atomic mass is 35.5. The molecule has 0 saturated carbocycles. The molecule has 1 amide bonds. The molecule has 2 aromatic carbocycles. The molecular formula is C21H15ClN2O3S. The lowest BCUT2D eigenvalue weighted by molar-refractivity contribution is -0.132. The van der Waals surface area contributed by atoms with Crippen LogP contribution in [-0.2, 0) is 9.59 Å². The number of anilines is 1. The van der Waals surface area contributed by atoms with Gasteiger partial charge in [-0.25, -0.2) is 4.98 Å². The Morgan fingerprint density at radius 1 is 1.14 bits per heavy atom. The molecule has 140 valence electrons. The average molecular weight is 411 g/mol. The van der Waals surface area contributed by atoms with E-state index >= 15 is 0 Å². The smallest absolute Gasteiger partial charge is 0.301 e. The van der Waals surface area contributed by atoms with Crippen molar-refractivity contribution in [1.82, 2.24) is 4.98 Å². The van der Waals surface area contributed by atoms with Gasteiger partial charge in [-0.3, -0.25) is 14.5 Å². The number of rotatable bonds is 3. The molecule has 1 fully saturated rings. The number of carbonyl (C=O) groups is 2. The number of amides is 1. The molecule has 0 spiro atoms. The molecular weight excluding hydrogens is 396 g/mol. The summed E-state index contributed by atoms with van der Waals surface area (Å²) in [7, 11) is 0. The van der Waals surface area contributed by atoms with Crippen LogP contribution < -0.4 is 4.90 Å². The van der Waals surface area contributed by atoms with Crippen molar-refractivity contribution in [2.24, 2.45) is 0 Å². The van der Waals surface area contributed by atoms with Gasteiger partial charge in [0.2, 0.25) is 0 Å². The Bertz CT molecular complexity index is 1090. The van der Waals surface area contributed by atoms with Crippen LogP contribution in [0.5, 0.6) is 0 Å². The summed E-state index contributed by atoms with van der Waals surface area (Å²) in [4.78, 5) is 31.3. The minimum Gasteiger partial charge on any atom is -0.507 e. The van der Waals surface area contributed by atoms with Gasteiger partial charge >= 0.3 is 5.91 Å². The fourth-order valence-corrected chi connectivity index (χ4v) is 4.13. The molecule has 3 aromatic rings. The normalized spacial score (nSPS) is 18.6. The highest BCUT2D eigenvalue weighted by molar-refractivity contribution is 7.14. The average Bonchev–Trinajstić information content (AvgIpc) is 3.30. The van der Waals surface area contributed by atoms with Crippen molar-refractivity contribution in [1.29, 1.82) is 0 Å². The summed E-state index contributed by atoms with van der Waals surface area (Å²) in [5.41, 5.74) is 2.02. The van der Waals surface area contributed by atoms with Crippen molar-refractivity contribution < 1.29 is 14.7 Å². The molecule has 4 rings (SSSR count). The first kappa shape index (κ1) is 18.4. The predicted octanol–water partition coefficient (Wildman–Crippen LogP) is 4.73. The van der Waals surface area contributed by atoms with Crippen LogP contribution in [0.15, 0.2) is 65.7 Å². The summed E-state index contributed by atoms with van der Waals surface area (Å²) >= 11 is 7.63. The molecule has 1 aliphatic heterocycles. The van der Waals surface area contributed by atoms with Gasteiger partial charge in [0.25, 0.3) is 5.78 Å². The number of halogens is 1. The Labute approximate surface area is 170 Å². The molecule has 1 atom stereocenters. The topological polar surface area (TPSA) is 70.5 Å². The second-order valence-electron chi connectivity index (χ2n) is 6.37. The van der Waals surface area contributed by atoms with Crippen LogP contribution in [0.4, 0.5) is 5.13 Å². The summed E-state index contributed by atoms with van der Waals surface area (Å²) in [5.74, 6) is -1.74. The van der Waals surface area contributed by atoms with Crippen molar-refractivity contribution in [3.05, 3.63) is 87.4 Å². The lowest BCUT2D eigenvalue weighted by Crippen LogP contribution is -2.29. The SMILES string of the molecule is Cc1ccc(C(O)=C2C(=O)C(=O)N(c3nccs3)[C@H]2c2ccccc2Cl)cc1. The Hall–Kier alpha value is -2.96.